The summed E-state index contributed by atoms with van der Waals surface area (Å²) in [7, 11) is 0. The van der Waals surface area contributed by atoms with Crippen LogP contribution in [0.4, 0.5) is 0 Å². The molecule has 3 rings (SSSR count). The van der Waals surface area contributed by atoms with Gasteiger partial charge in [-0.2, -0.15) is 0 Å². The molecule has 0 fully saturated rings. The summed E-state index contributed by atoms with van der Waals surface area (Å²) in [4.78, 5) is 0. The molecule has 2 heteroatoms. The van der Waals surface area contributed by atoms with Crippen molar-refractivity contribution in [1.82, 2.24) is 0 Å². The number of fused-ring (bicyclic) bond motifs is 3. The van der Waals surface area contributed by atoms with Crippen LogP contribution in [-0.4, -0.2) is 6.79 Å². The Morgan fingerprint density at radius 1 is 0.765 bits per heavy atom. The minimum Gasteiger partial charge on any atom is -0.457 e. The van der Waals surface area contributed by atoms with Crippen LogP contribution in [0.2, 0.25) is 0 Å². The zero-order valence-electron chi connectivity index (χ0n) is 9.99. The van der Waals surface area contributed by atoms with Crippen molar-refractivity contribution in [3.05, 3.63) is 47.5 Å². The SMILES string of the molecule is Cc1cccc2c1-c1c(C)cccc1OCO2. The van der Waals surface area contributed by atoms with Crippen LogP contribution in [0.3, 0.4) is 0 Å². The molecule has 0 amide bonds. The highest BCUT2D eigenvalue weighted by atomic mass is 16.7. The van der Waals surface area contributed by atoms with Gasteiger partial charge in [0.2, 0.25) is 6.79 Å². The van der Waals surface area contributed by atoms with Gasteiger partial charge in [0.15, 0.2) is 0 Å². The maximum Gasteiger partial charge on any atom is 0.230 e. The van der Waals surface area contributed by atoms with E-state index >= 15 is 0 Å². The molecule has 1 aliphatic heterocycles. The fraction of sp³-hybridized carbons (Fsp3) is 0.200. The monoisotopic (exact) mass is 226 g/mol. The standard InChI is InChI=1S/C15H14O2/c1-10-5-3-7-12-14(10)15-11(2)6-4-8-13(15)17-9-16-12/h3-8H,9H2,1-2H3. The van der Waals surface area contributed by atoms with Crippen LogP contribution in [0.25, 0.3) is 11.1 Å². The summed E-state index contributed by atoms with van der Waals surface area (Å²) in [6.45, 7) is 4.47. The number of ether oxygens (including phenoxy) is 2. The molecule has 17 heavy (non-hydrogen) atoms. The lowest BCUT2D eigenvalue weighted by Gasteiger charge is -2.12. The predicted octanol–water partition coefficient (Wildman–Crippen LogP) is 3.70. The van der Waals surface area contributed by atoms with Crippen molar-refractivity contribution in [2.75, 3.05) is 6.79 Å². The van der Waals surface area contributed by atoms with Crippen LogP contribution in [0.1, 0.15) is 11.1 Å². The fourth-order valence-electron chi connectivity index (χ4n) is 2.32. The summed E-state index contributed by atoms with van der Waals surface area (Å²) in [5.74, 6) is 1.80. The second-order valence-electron chi connectivity index (χ2n) is 4.30. The maximum atomic E-state index is 5.64. The van der Waals surface area contributed by atoms with E-state index in [9.17, 15) is 0 Å². The van der Waals surface area contributed by atoms with Gasteiger partial charge < -0.3 is 9.47 Å². The minimum absolute atomic E-state index is 0.271. The van der Waals surface area contributed by atoms with Crippen molar-refractivity contribution < 1.29 is 9.47 Å². The number of rotatable bonds is 0. The third-order valence-electron chi connectivity index (χ3n) is 3.15. The van der Waals surface area contributed by atoms with Gasteiger partial charge in [0, 0.05) is 11.1 Å². The maximum absolute atomic E-state index is 5.64. The Hall–Kier alpha value is -1.96. The molecule has 0 unspecified atom stereocenters. The summed E-state index contributed by atoms with van der Waals surface area (Å²) in [5, 5.41) is 0. The van der Waals surface area contributed by atoms with Gasteiger partial charge in [0.05, 0.1) is 0 Å². The fourth-order valence-corrected chi connectivity index (χ4v) is 2.32. The molecular formula is C15H14O2. The van der Waals surface area contributed by atoms with E-state index in [2.05, 4.69) is 26.0 Å². The molecule has 2 aromatic rings. The van der Waals surface area contributed by atoms with Crippen LogP contribution >= 0.6 is 0 Å². The van der Waals surface area contributed by atoms with Gasteiger partial charge in [0.25, 0.3) is 0 Å². The Kier molecular flexibility index (Phi) is 2.29. The zero-order valence-corrected chi connectivity index (χ0v) is 9.99. The zero-order chi connectivity index (χ0) is 11.8. The highest BCUT2D eigenvalue weighted by molar-refractivity contribution is 5.81. The molecular weight excluding hydrogens is 212 g/mol. The van der Waals surface area contributed by atoms with Crippen LogP contribution in [-0.2, 0) is 0 Å². The van der Waals surface area contributed by atoms with Crippen molar-refractivity contribution in [2.24, 2.45) is 0 Å². The molecule has 0 bridgehead atoms. The Morgan fingerprint density at radius 2 is 1.24 bits per heavy atom. The average Bonchev–Trinajstić information content (AvgIpc) is 2.50. The minimum atomic E-state index is 0.271. The summed E-state index contributed by atoms with van der Waals surface area (Å²) in [6.07, 6.45) is 0. The number of aryl methyl sites for hydroxylation is 2. The van der Waals surface area contributed by atoms with E-state index in [1.165, 1.54) is 11.1 Å². The molecule has 86 valence electrons. The van der Waals surface area contributed by atoms with Gasteiger partial charge in [-0.1, -0.05) is 24.3 Å². The summed E-state index contributed by atoms with van der Waals surface area (Å²) < 4.78 is 11.3. The van der Waals surface area contributed by atoms with Crippen molar-refractivity contribution in [3.63, 3.8) is 0 Å². The largest absolute Gasteiger partial charge is 0.457 e. The predicted molar refractivity (Wildman–Crippen MR) is 67.5 cm³/mol. The van der Waals surface area contributed by atoms with E-state index in [4.69, 9.17) is 9.47 Å². The third-order valence-corrected chi connectivity index (χ3v) is 3.15. The molecule has 0 radical (unpaired) electrons. The number of benzene rings is 2. The first-order chi connectivity index (χ1) is 8.27. The van der Waals surface area contributed by atoms with E-state index in [0.29, 0.717) is 0 Å². The van der Waals surface area contributed by atoms with Crippen molar-refractivity contribution in [3.8, 4) is 22.6 Å². The molecule has 0 aromatic heterocycles. The normalized spacial score (nSPS) is 12.8. The van der Waals surface area contributed by atoms with E-state index in [0.717, 1.165) is 22.6 Å². The Bertz CT molecular complexity index is 522. The van der Waals surface area contributed by atoms with Crippen molar-refractivity contribution in [2.45, 2.75) is 13.8 Å². The van der Waals surface area contributed by atoms with E-state index in [1.54, 1.807) is 0 Å². The van der Waals surface area contributed by atoms with Crippen LogP contribution in [0.5, 0.6) is 11.5 Å². The topological polar surface area (TPSA) is 18.5 Å². The molecule has 0 aliphatic carbocycles. The first-order valence-corrected chi connectivity index (χ1v) is 5.72. The van der Waals surface area contributed by atoms with Crippen molar-refractivity contribution >= 4 is 0 Å². The van der Waals surface area contributed by atoms with Crippen LogP contribution in [0.15, 0.2) is 36.4 Å². The average molecular weight is 226 g/mol. The first-order valence-electron chi connectivity index (χ1n) is 5.72. The summed E-state index contributed by atoms with van der Waals surface area (Å²) in [5.41, 5.74) is 4.73. The highest BCUT2D eigenvalue weighted by Gasteiger charge is 2.19. The Labute approximate surface area is 101 Å². The lowest BCUT2D eigenvalue weighted by Crippen LogP contribution is -2.03. The van der Waals surface area contributed by atoms with Gasteiger partial charge in [0.1, 0.15) is 11.5 Å². The quantitative estimate of drug-likeness (QED) is 0.682. The smallest absolute Gasteiger partial charge is 0.230 e. The van der Waals surface area contributed by atoms with E-state index < -0.39 is 0 Å². The molecule has 0 N–H and O–H groups in total. The first kappa shape index (κ1) is 10.2. The molecule has 2 nitrogen and oxygen atoms in total. The second-order valence-corrected chi connectivity index (χ2v) is 4.30. The molecule has 2 aromatic carbocycles. The molecule has 0 atom stereocenters. The molecule has 0 saturated heterocycles. The number of hydrogen-bond acceptors (Lipinski definition) is 2. The second kappa shape index (κ2) is 3.81. The Morgan fingerprint density at radius 3 is 1.71 bits per heavy atom. The lowest BCUT2D eigenvalue weighted by molar-refractivity contribution is 0.124. The van der Waals surface area contributed by atoms with Gasteiger partial charge in [-0.3, -0.25) is 0 Å². The van der Waals surface area contributed by atoms with E-state index in [-0.39, 0.29) is 6.79 Å². The Balaban J connectivity index is 2.37. The van der Waals surface area contributed by atoms with Crippen LogP contribution < -0.4 is 9.47 Å². The molecule has 0 spiro atoms. The van der Waals surface area contributed by atoms with Gasteiger partial charge in [-0.05, 0) is 37.1 Å². The number of hydrogen-bond donors (Lipinski definition) is 0. The van der Waals surface area contributed by atoms with Crippen LogP contribution in [0, 0.1) is 13.8 Å². The summed E-state index contributed by atoms with van der Waals surface area (Å²) in [6, 6.07) is 12.2. The molecule has 1 aliphatic rings. The lowest BCUT2D eigenvalue weighted by atomic mass is 9.95. The van der Waals surface area contributed by atoms with Gasteiger partial charge in [-0.15, -0.1) is 0 Å². The van der Waals surface area contributed by atoms with Gasteiger partial charge >= 0.3 is 0 Å². The third kappa shape index (κ3) is 1.57. The van der Waals surface area contributed by atoms with E-state index in [1.807, 2.05) is 24.3 Å². The van der Waals surface area contributed by atoms with Crippen molar-refractivity contribution in [1.29, 1.82) is 0 Å². The molecule has 0 saturated carbocycles. The summed E-state index contributed by atoms with van der Waals surface area (Å²) >= 11 is 0. The van der Waals surface area contributed by atoms with Gasteiger partial charge in [-0.25, -0.2) is 0 Å². The molecule has 1 heterocycles. The highest BCUT2D eigenvalue weighted by Crippen LogP contribution is 2.42.